The number of benzene rings is 1. The van der Waals surface area contributed by atoms with Gasteiger partial charge in [-0.05, 0) is 57.1 Å². The molecule has 3 rings (SSSR count). The fourth-order valence-corrected chi connectivity index (χ4v) is 4.56. The van der Waals surface area contributed by atoms with Gasteiger partial charge in [0, 0.05) is 6.04 Å². The Bertz CT molecular complexity index is 619. The largest absolute Gasteiger partial charge is 0.480 e. The van der Waals surface area contributed by atoms with Crippen molar-refractivity contribution in [2.45, 2.75) is 70.0 Å². The molecule has 1 aliphatic heterocycles. The van der Waals surface area contributed by atoms with Crippen LogP contribution in [0.5, 0.6) is 0 Å². The molecule has 1 saturated carbocycles. The molecule has 1 amide bonds. The average Bonchev–Trinajstić information content (AvgIpc) is 3.05. The Labute approximate surface area is 155 Å². The van der Waals surface area contributed by atoms with Gasteiger partial charge in [0.25, 0.3) is 0 Å². The van der Waals surface area contributed by atoms with Crippen LogP contribution in [0, 0.1) is 5.92 Å². The van der Waals surface area contributed by atoms with Crippen LogP contribution in [0.1, 0.15) is 51.0 Å². The van der Waals surface area contributed by atoms with Crippen LogP contribution in [-0.2, 0) is 16.0 Å². The van der Waals surface area contributed by atoms with Gasteiger partial charge in [-0.15, -0.1) is 0 Å². The first-order valence-corrected chi connectivity index (χ1v) is 9.90. The predicted octanol–water partition coefficient (Wildman–Crippen LogP) is 2.84. The Morgan fingerprint density at radius 1 is 1.23 bits per heavy atom. The van der Waals surface area contributed by atoms with Gasteiger partial charge >= 0.3 is 5.97 Å². The number of nitrogens with one attached hydrogen (secondary N) is 1. The van der Waals surface area contributed by atoms with Gasteiger partial charge < -0.3 is 15.3 Å². The molecule has 5 heteroatoms. The number of rotatable bonds is 7. The fraction of sp³-hybridized carbons (Fsp3) is 0.619. The molecule has 0 bridgehead atoms. The molecule has 0 spiro atoms. The second-order valence-electron chi connectivity index (χ2n) is 7.71. The summed E-state index contributed by atoms with van der Waals surface area (Å²) >= 11 is 0. The number of likely N-dealkylation sites (tertiary alicyclic amines) is 1. The van der Waals surface area contributed by atoms with Crippen molar-refractivity contribution in [1.29, 1.82) is 0 Å². The van der Waals surface area contributed by atoms with Gasteiger partial charge in [-0.2, -0.15) is 0 Å². The van der Waals surface area contributed by atoms with E-state index >= 15 is 0 Å². The molecule has 142 valence electrons. The van der Waals surface area contributed by atoms with Crippen molar-refractivity contribution in [3.8, 4) is 0 Å². The molecule has 0 unspecified atom stereocenters. The molecule has 2 N–H and O–H groups in total. The molecular weight excluding hydrogens is 328 g/mol. The van der Waals surface area contributed by atoms with Crippen LogP contribution < -0.4 is 5.32 Å². The second-order valence-corrected chi connectivity index (χ2v) is 7.71. The number of fused-ring (bicyclic) bond motifs is 1. The number of carbonyl (C=O) groups is 2. The molecule has 1 aromatic rings. The highest BCUT2D eigenvalue weighted by atomic mass is 16.4. The summed E-state index contributed by atoms with van der Waals surface area (Å²) in [7, 11) is 0. The number of aliphatic carboxylic acids is 1. The maximum Gasteiger partial charge on any atom is 0.326 e. The quantitative estimate of drug-likeness (QED) is 0.736. The van der Waals surface area contributed by atoms with E-state index in [2.05, 4.69) is 17.4 Å². The molecule has 5 nitrogen and oxygen atoms in total. The molecule has 4 atom stereocenters. The van der Waals surface area contributed by atoms with E-state index in [9.17, 15) is 14.7 Å². The van der Waals surface area contributed by atoms with E-state index in [4.69, 9.17) is 0 Å². The Morgan fingerprint density at radius 3 is 2.69 bits per heavy atom. The summed E-state index contributed by atoms with van der Waals surface area (Å²) in [4.78, 5) is 26.4. The Morgan fingerprint density at radius 2 is 1.96 bits per heavy atom. The molecule has 26 heavy (non-hydrogen) atoms. The Kier molecular flexibility index (Phi) is 6.30. The predicted molar refractivity (Wildman–Crippen MR) is 101 cm³/mol. The minimum Gasteiger partial charge on any atom is -0.480 e. The van der Waals surface area contributed by atoms with E-state index in [1.165, 1.54) is 5.56 Å². The lowest BCUT2D eigenvalue weighted by Gasteiger charge is -2.34. The number of nitrogens with zero attached hydrogens (tertiary/aromatic N) is 1. The Balaban J connectivity index is 1.53. The van der Waals surface area contributed by atoms with Crippen LogP contribution >= 0.6 is 0 Å². The molecule has 2 fully saturated rings. The van der Waals surface area contributed by atoms with Gasteiger partial charge in [-0.1, -0.05) is 43.2 Å². The van der Waals surface area contributed by atoms with Crippen LogP contribution in [0.3, 0.4) is 0 Å². The van der Waals surface area contributed by atoms with Crippen molar-refractivity contribution in [2.24, 2.45) is 5.92 Å². The summed E-state index contributed by atoms with van der Waals surface area (Å²) in [6, 6.07) is 9.43. The monoisotopic (exact) mass is 358 g/mol. The maximum atomic E-state index is 13.0. The highest BCUT2D eigenvalue weighted by molar-refractivity contribution is 5.87. The average molecular weight is 358 g/mol. The highest BCUT2D eigenvalue weighted by Crippen LogP contribution is 2.40. The summed E-state index contributed by atoms with van der Waals surface area (Å²) in [6.07, 6.45) is 6.79. The molecule has 2 aliphatic rings. The molecule has 1 aliphatic carbocycles. The number of hydrogen-bond acceptors (Lipinski definition) is 3. The van der Waals surface area contributed by atoms with Crippen molar-refractivity contribution in [3.63, 3.8) is 0 Å². The third-order valence-electron chi connectivity index (χ3n) is 5.93. The molecule has 1 heterocycles. The van der Waals surface area contributed by atoms with Crippen LogP contribution in [0.4, 0.5) is 0 Å². The first kappa shape index (κ1) is 18.9. The zero-order valence-corrected chi connectivity index (χ0v) is 15.6. The number of carbonyl (C=O) groups excluding carboxylic acids is 1. The van der Waals surface area contributed by atoms with Crippen molar-refractivity contribution in [3.05, 3.63) is 35.9 Å². The van der Waals surface area contributed by atoms with Crippen LogP contribution in [0.25, 0.3) is 0 Å². The van der Waals surface area contributed by atoms with Crippen LogP contribution in [0.15, 0.2) is 30.3 Å². The minimum atomic E-state index is -0.857. The van der Waals surface area contributed by atoms with Gasteiger partial charge in [0.1, 0.15) is 6.04 Å². The SMILES string of the molecule is C[C@H](NCCCc1ccccc1)C(=O)N1[C@H](C(=O)O)C[C@H]2CCCC[C@@H]21. The second kappa shape index (κ2) is 8.67. The van der Waals surface area contributed by atoms with Gasteiger partial charge in [0.05, 0.1) is 6.04 Å². The molecule has 0 aromatic heterocycles. The van der Waals surface area contributed by atoms with E-state index in [0.29, 0.717) is 12.3 Å². The maximum absolute atomic E-state index is 13.0. The summed E-state index contributed by atoms with van der Waals surface area (Å²) in [5, 5.41) is 12.9. The molecule has 1 aromatic carbocycles. The van der Waals surface area contributed by atoms with Crippen molar-refractivity contribution in [2.75, 3.05) is 6.54 Å². The normalized spacial score (nSPS) is 26.3. The lowest BCUT2D eigenvalue weighted by molar-refractivity contribution is -0.150. The van der Waals surface area contributed by atoms with E-state index in [0.717, 1.165) is 45.1 Å². The minimum absolute atomic E-state index is 0.0495. The lowest BCUT2D eigenvalue weighted by Crippen LogP contribution is -2.53. The third-order valence-corrected chi connectivity index (χ3v) is 5.93. The van der Waals surface area contributed by atoms with Gasteiger partial charge in [0.2, 0.25) is 5.91 Å². The van der Waals surface area contributed by atoms with Gasteiger partial charge in [0.15, 0.2) is 0 Å². The zero-order valence-electron chi connectivity index (χ0n) is 15.6. The van der Waals surface area contributed by atoms with E-state index in [-0.39, 0.29) is 18.0 Å². The summed E-state index contributed by atoms with van der Waals surface area (Å²) in [5.74, 6) is -0.547. The van der Waals surface area contributed by atoms with E-state index in [1.807, 2.05) is 25.1 Å². The highest BCUT2D eigenvalue weighted by Gasteiger charge is 2.48. The summed E-state index contributed by atoms with van der Waals surface area (Å²) in [6.45, 7) is 2.61. The van der Waals surface area contributed by atoms with Crippen LogP contribution in [-0.4, -0.2) is 46.6 Å². The molecule has 1 saturated heterocycles. The Hall–Kier alpha value is -1.88. The lowest BCUT2D eigenvalue weighted by atomic mass is 9.84. The number of carboxylic acids is 1. The first-order valence-electron chi connectivity index (χ1n) is 9.90. The van der Waals surface area contributed by atoms with Crippen molar-refractivity contribution >= 4 is 11.9 Å². The summed E-state index contributed by atoms with van der Waals surface area (Å²) < 4.78 is 0. The van der Waals surface area contributed by atoms with E-state index < -0.39 is 12.0 Å². The zero-order chi connectivity index (χ0) is 18.5. The summed E-state index contributed by atoms with van der Waals surface area (Å²) in [5.41, 5.74) is 1.30. The number of carboxylic acid groups (broad SMARTS) is 1. The number of aryl methyl sites for hydroxylation is 1. The smallest absolute Gasteiger partial charge is 0.326 e. The number of hydrogen-bond donors (Lipinski definition) is 2. The van der Waals surface area contributed by atoms with Crippen LogP contribution in [0.2, 0.25) is 0 Å². The standard InChI is InChI=1S/C21H30N2O3/c1-15(22-13-7-10-16-8-3-2-4-9-16)20(24)23-18-12-6-5-11-17(18)14-19(23)21(25)26/h2-4,8-9,15,17-19,22H,5-7,10-14H2,1H3,(H,25,26)/t15-,17+,18-,19-/m0/s1. The van der Waals surface area contributed by atoms with Gasteiger partial charge in [-0.25, -0.2) is 4.79 Å². The fourth-order valence-electron chi connectivity index (χ4n) is 4.56. The molecular formula is C21H30N2O3. The van der Waals surface area contributed by atoms with Crippen molar-refractivity contribution in [1.82, 2.24) is 10.2 Å². The first-order chi connectivity index (χ1) is 12.6. The van der Waals surface area contributed by atoms with Crippen molar-refractivity contribution < 1.29 is 14.7 Å². The number of amides is 1. The molecule has 0 radical (unpaired) electrons. The third kappa shape index (κ3) is 4.26. The van der Waals surface area contributed by atoms with E-state index in [1.54, 1.807) is 4.90 Å². The topological polar surface area (TPSA) is 69.6 Å². The van der Waals surface area contributed by atoms with Gasteiger partial charge in [-0.3, -0.25) is 4.79 Å².